The number of hydrogen-bond donors (Lipinski definition) is 1. The van der Waals surface area contributed by atoms with Crippen LogP contribution in [0.3, 0.4) is 0 Å². The first-order valence-corrected chi connectivity index (χ1v) is 6.83. The van der Waals surface area contributed by atoms with Gasteiger partial charge in [0.05, 0.1) is 0 Å². The van der Waals surface area contributed by atoms with Gasteiger partial charge in [0.25, 0.3) is 0 Å². The third-order valence-corrected chi connectivity index (χ3v) is 4.38. The predicted octanol–water partition coefficient (Wildman–Crippen LogP) is 1.64. The van der Waals surface area contributed by atoms with Gasteiger partial charge in [0.15, 0.2) is 0 Å². The van der Waals surface area contributed by atoms with Crippen molar-refractivity contribution in [3.8, 4) is 0 Å². The van der Waals surface area contributed by atoms with Gasteiger partial charge in [-0.2, -0.15) is 4.98 Å². The maximum atomic E-state index is 5.56. The standard InChI is InChI=1S/C13H21N3O2/c1-14-10(9-4-5-9)8-11-15-12(16-18-11)13(17-2)6-3-7-13/h9-10,14H,3-8H2,1-2H3. The Labute approximate surface area is 107 Å². The van der Waals surface area contributed by atoms with Crippen molar-refractivity contribution in [3.05, 3.63) is 11.7 Å². The highest BCUT2D eigenvalue weighted by Crippen LogP contribution is 2.42. The molecule has 1 unspecified atom stereocenters. The fourth-order valence-electron chi connectivity index (χ4n) is 2.73. The number of hydrogen-bond acceptors (Lipinski definition) is 5. The number of rotatable bonds is 6. The molecule has 2 aliphatic rings. The Kier molecular flexibility index (Phi) is 3.11. The monoisotopic (exact) mass is 251 g/mol. The molecule has 0 saturated heterocycles. The maximum Gasteiger partial charge on any atom is 0.228 e. The molecule has 1 aromatic rings. The number of ether oxygens (including phenoxy) is 1. The number of likely N-dealkylation sites (N-methyl/N-ethyl adjacent to an activating group) is 1. The van der Waals surface area contributed by atoms with Crippen LogP contribution in [0.1, 0.15) is 43.8 Å². The number of aromatic nitrogens is 2. The quantitative estimate of drug-likeness (QED) is 0.832. The van der Waals surface area contributed by atoms with E-state index in [4.69, 9.17) is 9.26 Å². The van der Waals surface area contributed by atoms with Crippen LogP contribution in [0.2, 0.25) is 0 Å². The Bertz CT molecular complexity index is 405. The lowest BCUT2D eigenvalue weighted by molar-refractivity contribution is -0.0858. The molecule has 1 aromatic heterocycles. The zero-order valence-electron chi connectivity index (χ0n) is 11.1. The Hall–Kier alpha value is -0.940. The van der Waals surface area contributed by atoms with Crippen molar-refractivity contribution in [3.63, 3.8) is 0 Å². The first-order valence-electron chi connectivity index (χ1n) is 6.83. The first kappa shape index (κ1) is 12.1. The van der Waals surface area contributed by atoms with Crippen molar-refractivity contribution in [1.82, 2.24) is 15.5 Å². The van der Waals surface area contributed by atoms with Crippen LogP contribution in [0, 0.1) is 5.92 Å². The minimum absolute atomic E-state index is 0.267. The molecule has 1 heterocycles. The molecule has 18 heavy (non-hydrogen) atoms. The van der Waals surface area contributed by atoms with Crippen LogP contribution in [0.25, 0.3) is 0 Å². The summed E-state index contributed by atoms with van der Waals surface area (Å²) in [5.74, 6) is 2.25. The van der Waals surface area contributed by atoms with E-state index >= 15 is 0 Å². The molecule has 0 amide bonds. The molecule has 2 fully saturated rings. The minimum atomic E-state index is -0.267. The molecular formula is C13H21N3O2. The molecular weight excluding hydrogens is 230 g/mol. The number of methoxy groups -OCH3 is 1. The minimum Gasteiger partial charge on any atom is -0.370 e. The van der Waals surface area contributed by atoms with E-state index in [1.54, 1.807) is 7.11 Å². The SMILES string of the molecule is CNC(Cc1nc(C2(OC)CCC2)no1)C1CC1. The molecule has 0 aromatic carbocycles. The van der Waals surface area contributed by atoms with E-state index in [2.05, 4.69) is 15.5 Å². The summed E-state index contributed by atoms with van der Waals surface area (Å²) in [7, 11) is 3.73. The van der Waals surface area contributed by atoms with Crippen LogP contribution < -0.4 is 5.32 Å². The molecule has 5 heteroatoms. The summed E-state index contributed by atoms with van der Waals surface area (Å²) in [5, 5.41) is 7.45. The zero-order valence-corrected chi connectivity index (χ0v) is 11.1. The van der Waals surface area contributed by atoms with E-state index in [-0.39, 0.29) is 5.60 Å². The zero-order chi connectivity index (χ0) is 12.6. The van der Waals surface area contributed by atoms with Crippen LogP contribution in [0.4, 0.5) is 0 Å². The predicted molar refractivity (Wildman–Crippen MR) is 66.1 cm³/mol. The Balaban J connectivity index is 1.69. The summed E-state index contributed by atoms with van der Waals surface area (Å²) >= 11 is 0. The van der Waals surface area contributed by atoms with Crippen LogP contribution in [0.15, 0.2) is 4.52 Å². The van der Waals surface area contributed by atoms with E-state index in [0.29, 0.717) is 6.04 Å². The second-order valence-electron chi connectivity index (χ2n) is 5.50. The molecule has 100 valence electrons. The van der Waals surface area contributed by atoms with Crippen molar-refractivity contribution >= 4 is 0 Å². The van der Waals surface area contributed by atoms with Gasteiger partial charge in [0.1, 0.15) is 5.60 Å². The van der Waals surface area contributed by atoms with Crippen LogP contribution in [-0.4, -0.2) is 30.3 Å². The summed E-state index contributed by atoms with van der Waals surface area (Å²) in [6, 6.07) is 0.471. The lowest BCUT2D eigenvalue weighted by atomic mass is 9.79. The summed E-state index contributed by atoms with van der Waals surface area (Å²) in [4.78, 5) is 4.53. The number of nitrogens with one attached hydrogen (secondary N) is 1. The van der Waals surface area contributed by atoms with Gasteiger partial charge in [-0.05, 0) is 45.1 Å². The molecule has 0 spiro atoms. The van der Waals surface area contributed by atoms with Gasteiger partial charge in [-0.3, -0.25) is 0 Å². The van der Waals surface area contributed by atoms with E-state index in [9.17, 15) is 0 Å². The van der Waals surface area contributed by atoms with Crippen molar-refractivity contribution < 1.29 is 9.26 Å². The van der Waals surface area contributed by atoms with Crippen LogP contribution in [0.5, 0.6) is 0 Å². The molecule has 0 bridgehead atoms. The highest BCUT2D eigenvalue weighted by molar-refractivity contribution is 5.07. The highest BCUT2D eigenvalue weighted by atomic mass is 16.5. The largest absolute Gasteiger partial charge is 0.370 e. The molecule has 2 aliphatic carbocycles. The Morgan fingerprint density at radius 1 is 1.50 bits per heavy atom. The molecule has 5 nitrogen and oxygen atoms in total. The van der Waals surface area contributed by atoms with E-state index in [1.807, 2.05) is 7.05 Å². The summed E-state index contributed by atoms with van der Waals surface area (Å²) < 4.78 is 10.9. The van der Waals surface area contributed by atoms with Crippen molar-refractivity contribution in [1.29, 1.82) is 0 Å². The summed E-state index contributed by atoms with van der Waals surface area (Å²) in [6.45, 7) is 0. The van der Waals surface area contributed by atoms with Gasteiger partial charge < -0.3 is 14.6 Å². The third kappa shape index (κ3) is 2.06. The maximum absolute atomic E-state index is 5.56. The third-order valence-electron chi connectivity index (χ3n) is 4.38. The average Bonchev–Trinajstić information content (AvgIpc) is 3.07. The molecule has 3 rings (SSSR count). The second kappa shape index (κ2) is 4.63. The lowest BCUT2D eigenvalue weighted by Crippen LogP contribution is -2.37. The van der Waals surface area contributed by atoms with Gasteiger partial charge in [0.2, 0.25) is 11.7 Å². The van der Waals surface area contributed by atoms with Crippen molar-refractivity contribution in [2.24, 2.45) is 5.92 Å². The first-order chi connectivity index (χ1) is 8.77. The topological polar surface area (TPSA) is 60.2 Å². The summed E-state index contributed by atoms with van der Waals surface area (Å²) in [6.07, 6.45) is 6.64. The molecule has 0 aliphatic heterocycles. The lowest BCUT2D eigenvalue weighted by Gasteiger charge is -2.37. The Morgan fingerprint density at radius 2 is 2.28 bits per heavy atom. The fraction of sp³-hybridized carbons (Fsp3) is 0.846. The summed E-state index contributed by atoms with van der Waals surface area (Å²) in [5.41, 5.74) is -0.267. The van der Waals surface area contributed by atoms with Crippen molar-refractivity contribution in [2.45, 2.75) is 50.2 Å². The van der Waals surface area contributed by atoms with Gasteiger partial charge in [0, 0.05) is 19.6 Å². The van der Waals surface area contributed by atoms with E-state index < -0.39 is 0 Å². The van der Waals surface area contributed by atoms with Crippen LogP contribution in [-0.2, 0) is 16.8 Å². The second-order valence-corrected chi connectivity index (χ2v) is 5.50. The van der Waals surface area contributed by atoms with Gasteiger partial charge in [-0.25, -0.2) is 0 Å². The van der Waals surface area contributed by atoms with Gasteiger partial charge in [-0.15, -0.1) is 0 Å². The van der Waals surface area contributed by atoms with Crippen LogP contribution >= 0.6 is 0 Å². The Morgan fingerprint density at radius 3 is 2.78 bits per heavy atom. The molecule has 0 radical (unpaired) electrons. The molecule has 1 atom stereocenters. The highest BCUT2D eigenvalue weighted by Gasteiger charge is 2.43. The smallest absolute Gasteiger partial charge is 0.228 e. The van der Waals surface area contributed by atoms with Crippen molar-refractivity contribution in [2.75, 3.05) is 14.2 Å². The molecule has 1 N–H and O–H groups in total. The van der Waals surface area contributed by atoms with Gasteiger partial charge in [-0.1, -0.05) is 5.16 Å². The van der Waals surface area contributed by atoms with Gasteiger partial charge >= 0.3 is 0 Å². The van der Waals surface area contributed by atoms with E-state index in [1.165, 1.54) is 19.3 Å². The average molecular weight is 251 g/mol. The fourth-order valence-corrected chi connectivity index (χ4v) is 2.73. The molecule has 2 saturated carbocycles. The number of nitrogens with zero attached hydrogens (tertiary/aromatic N) is 2. The van der Waals surface area contributed by atoms with E-state index in [0.717, 1.165) is 36.9 Å². The normalized spacial score (nSPS) is 23.7.